The van der Waals surface area contributed by atoms with Gasteiger partial charge in [0.15, 0.2) is 0 Å². The van der Waals surface area contributed by atoms with E-state index in [1.807, 2.05) is 11.8 Å². The van der Waals surface area contributed by atoms with E-state index in [1.54, 1.807) is 0 Å². The number of hydrogen-bond donors (Lipinski definition) is 1. The fourth-order valence-corrected chi connectivity index (χ4v) is 1.71. The number of hydrogen-bond acceptors (Lipinski definition) is 2. The molecule has 0 radical (unpaired) electrons. The van der Waals surface area contributed by atoms with Crippen molar-refractivity contribution in [2.45, 2.75) is 39.7 Å². The predicted molar refractivity (Wildman–Crippen MR) is 53.2 cm³/mol. The minimum Gasteiger partial charge on any atom is -0.341 e. The molecule has 76 valence electrons. The minimum absolute atomic E-state index is 0.0881. The quantitative estimate of drug-likeness (QED) is 0.695. The zero-order chi connectivity index (χ0) is 10.1. The number of carbonyl (C=O) groups is 1. The lowest BCUT2D eigenvalue weighted by molar-refractivity contribution is -0.137. The molecule has 1 aliphatic rings. The lowest BCUT2D eigenvalue weighted by atomic mass is 9.82. The molecule has 1 saturated heterocycles. The summed E-state index contributed by atoms with van der Waals surface area (Å²) in [4.78, 5) is 13.5. The van der Waals surface area contributed by atoms with Crippen molar-refractivity contribution in [3.8, 4) is 0 Å². The Labute approximate surface area is 80.3 Å². The molecule has 2 N–H and O–H groups in total. The first-order chi connectivity index (χ1) is 5.91. The van der Waals surface area contributed by atoms with Crippen LogP contribution in [0.3, 0.4) is 0 Å². The molecule has 0 saturated carbocycles. The van der Waals surface area contributed by atoms with E-state index in [-0.39, 0.29) is 17.4 Å². The molecule has 1 unspecified atom stereocenters. The first kappa shape index (κ1) is 10.5. The molecule has 3 heteroatoms. The molecule has 0 bridgehead atoms. The van der Waals surface area contributed by atoms with E-state index in [2.05, 4.69) is 13.8 Å². The Kier molecular flexibility index (Phi) is 2.96. The van der Waals surface area contributed by atoms with Gasteiger partial charge in [-0.25, -0.2) is 0 Å². The topological polar surface area (TPSA) is 46.3 Å². The highest BCUT2D eigenvalue weighted by atomic mass is 16.2. The molecule has 1 rings (SSSR count). The molecule has 1 amide bonds. The van der Waals surface area contributed by atoms with Gasteiger partial charge in [-0.2, -0.15) is 0 Å². The highest BCUT2D eigenvalue weighted by Gasteiger charge is 2.31. The summed E-state index contributed by atoms with van der Waals surface area (Å²) in [6, 6.07) is 0.0881. The molecule has 0 aromatic carbocycles. The molecule has 0 spiro atoms. The second-order valence-electron chi connectivity index (χ2n) is 4.91. The van der Waals surface area contributed by atoms with Gasteiger partial charge in [-0.15, -0.1) is 0 Å². The number of amides is 1. The molecular weight excluding hydrogens is 164 g/mol. The Morgan fingerprint density at radius 1 is 1.62 bits per heavy atom. The summed E-state index contributed by atoms with van der Waals surface area (Å²) in [5.41, 5.74) is 5.85. The Hall–Kier alpha value is -0.570. The Morgan fingerprint density at radius 3 is 2.69 bits per heavy atom. The van der Waals surface area contributed by atoms with E-state index in [9.17, 15) is 4.79 Å². The number of likely N-dealkylation sites (tertiary alicyclic amines) is 1. The largest absolute Gasteiger partial charge is 0.341 e. The summed E-state index contributed by atoms with van der Waals surface area (Å²) < 4.78 is 0. The first-order valence-corrected chi connectivity index (χ1v) is 4.94. The average Bonchev–Trinajstić information content (AvgIpc) is 1.93. The van der Waals surface area contributed by atoms with Crippen molar-refractivity contribution in [2.75, 3.05) is 13.1 Å². The molecule has 1 heterocycles. The third-order valence-corrected chi connectivity index (χ3v) is 2.55. The van der Waals surface area contributed by atoms with Crippen molar-refractivity contribution in [3.05, 3.63) is 0 Å². The third-order valence-electron chi connectivity index (χ3n) is 2.55. The standard InChI is InChI=1S/C10H20N2O/c1-8(11)7-12-5-4-10(2,3)6-9(12)13/h8H,4-7,11H2,1-3H3. The van der Waals surface area contributed by atoms with Crippen molar-refractivity contribution < 1.29 is 4.79 Å². The molecule has 1 fully saturated rings. The fraction of sp³-hybridized carbons (Fsp3) is 0.900. The number of piperidine rings is 1. The highest BCUT2D eigenvalue weighted by molar-refractivity contribution is 5.77. The van der Waals surface area contributed by atoms with Crippen molar-refractivity contribution in [2.24, 2.45) is 11.1 Å². The molecule has 1 atom stereocenters. The predicted octanol–water partition coefficient (Wildman–Crippen LogP) is 0.982. The van der Waals surface area contributed by atoms with Gasteiger partial charge in [0.2, 0.25) is 5.91 Å². The molecule has 3 nitrogen and oxygen atoms in total. The maximum Gasteiger partial charge on any atom is 0.223 e. The Bertz CT molecular complexity index is 199. The van der Waals surface area contributed by atoms with Crippen LogP contribution in [0.15, 0.2) is 0 Å². The van der Waals surface area contributed by atoms with Gasteiger partial charge in [-0.3, -0.25) is 4.79 Å². The smallest absolute Gasteiger partial charge is 0.223 e. The lowest BCUT2D eigenvalue weighted by Gasteiger charge is -2.37. The summed E-state index contributed by atoms with van der Waals surface area (Å²) >= 11 is 0. The van der Waals surface area contributed by atoms with Crippen LogP contribution in [0.2, 0.25) is 0 Å². The van der Waals surface area contributed by atoms with Crippen LogP contribution in [0.25, 0.3) is 0 Å². The molecule has 0 aromatic heterocycles. The van der Waals surface area contributed by atoms with Gasteiger partial charge in [0, 0.05) is 25.6 Å². The monoisotopic (exact) mass is 184 g/mol. The van der Waals surface area contributed by atoms with E-state index in [0.717, 1.165) is 13.0 Å². The maximum atomic E-state index is 11.6. The lowest BCUT2D eigenvalue weighted by Crippen LogP contribution is -2.46. The van der Waals surface area contributed by atoms with Gasteiger partial charge in [-0.1, -0.05) is 13.8 Å². The second-order valence-corrected chi connectivity index (χ2v) is 4.91. The van der Waals surface area contributed by atoms with Gasteiger partial charge in [0.05, 0.1) is 0 Å². The molecule has 13 heavy (non-hydrogen) atoms. The zero-order valence-corrected chi connectivity index (χ0v) is 8.84. The summed E-state index contributed by atoms with van der Waals surface area (Å²) in [7, 11) is 0. The van der Waals surface area contributed by atoms with Crippen molar-refractivity contribution in [1.82, 2.24) is 4.90 Å². The van der Waals surface area contributed by atoms with Crippen LogP contribution in [-0.2, 0) is 4.79 Å². The minimum atomic E-state index is 0.0881. The van der Waals surface area contributed by atoms with Crippen LogP contribution in [-0.4, -0.2) is 29.9 Å². The van der Waals surface area contributed by atoms with Crippen molar-refractivity contribution >= 4 is 5.91 Å². The highest BCUT2D eigenvalue weighted by Crippen LogP contribution is 2.30. The van der Waals surface area contributed by atoms with Crippen LogP contribution in [0.1, 0.15) is 33.6 Å². The third kappa shape index (κ3) is 2.99. The van der Waals surface area contributed by atoms with Gasteiger partial charge >= 0.3 is 0 Å². The van der Waals surface area contributed by atoms with Crippen LogP contribution in [0.4, 0.5) is 0 Å². The molecule has 1 aliphatic heterocycles. The molecule has 0 aliphatic carbocycles. The fourth-order valence-electron chi connectivity index (χ4n) is 1.71. The zero-order valence-electron chi connectivity index (χ0n) is 8.84. The molecular formula is C10H20N2O. The van der Waals surface area contributed by atoms with Crippen LogP contribution >= 0.6 is 0 Å². The van der Waals surface area contributed by atoms with Gasteiger partial charge in [-0.05, 0) is 18.8 Å². The number of carbonyl (C=O) groups excluding carboxylic acids is 1. The summed E-state index contributed by atoms with van der Waals surface area (Å²) in [6.45, 7) is 7.80. The van der Waals surface area contributed by atoms with Crippen molar-refractivity contribution in [3.63, 3.8) is 0 Å². The van der Waals surface area contributed by atoms with Gasteiger partial charge < -0.3 is 10.6 Å². The average molecular weight is 184 g/mol. The van der Waals surface area contributed by atoms with E-state index in [1.165, 1.54) is 0 Å². The maximum absolute atomic E-state index is 11.6. The SMILES string of the molecule is CC(N)CN1CCC(C)(C)CC1=O. The van der Waals surface area contributed by atoms with Crippen LogP contribution in [0, 0.1) is 5.41 Å². The van der Waals surface area contributed by atoms with E-state index in [0.29, 0.717) is 13.0 Å². The number of rotatable bonds is 2. The van der Waals surface area contributed by atoms with E-state index >= 15 is 0 Å². The van der Waals surface area contributed by atoms with E-state index in [4.69, 9.17) is 5.73 Å². The summed E-state index contributed by atoms with van der Waals surface area (Å²) in [6.07, 6.45) is 1.76. The van der Waals surface area contributed by atoms with Crippen LogP contribution in [0.5, 0.6) is 0 Å². The summed E-state index contributed by atoms with van der Waals surface area (Å²) in [5, 5.41) is 0. The van der Waals surface area contributed by atoms with Crippen molar-refractivity contribution in [1.29, 1.82) is 0 Å². The summed E-state index contributed by atoms with van der Waals surface area (Å²) in [5.74, 6) is 0.258. The Morgan fingerprint density at radius 2 is 2.23 bits per heavy atom. The number of nitrogens with two attached hydrogens (primary N) is 1. The van der Waals surface area contributed by atoms with E-state index < -0.39 is 0 Å². The second kappa shape index (κ2) is 3.66. The van der Waals surface area contributed by atoms with Gasteiger partial charge in [0.1, 0.15) is 0 Å². The number of nitrogens with zero attached hydrogens (tertiary/aromatic N) is 1. The van der Waals surface area contributed by atoms with Gasteiger partial charge in [0.25, 0.3) is 0 Å². The normalized spacial score (nSPS) is 24.6. The van der Waals surface area contributed by atoms with Crippen LogP contribution < -0.4 is 5.73 Å². The Balaban J connectivity index is 2.49. The molecule has 0 aromatic rings. The first-order valence-electron chi connectivity index (χ1n) is 4.94.